The molecule has 7 N–H and O–H groups in total. The quantitative estimate of drug-likeness (QED) is 0.0492. The molecular formula is C38H50BCl2F2N8O3S3. The Bertz CT molecular complexity index is 2140. The number of aromatic nitrogens is 6. The molecule has 0 unspecified atom stereocenters. The van der Waals surface area contributed by atoms with Crippen molar-refractivity contribution in [3.8, 4) is 0 Å². The van der Waals surface area contributed by atoms with Crippen molar-refractivity contribution in [3.63, 3.8) is 0 Å². The highest BCUT2D eigenvalue weighted by Gasteiger charge is 2.24. The predicted octanol–water partition coefficient (Wildman–Crippen LogP) is 9.02. The standard InChI is InChI=1S/C17H19ClFN3OS.C17H21FN4OS.C4H7ClOS.B.H3N/c1-4-24-8-13-21-14-15(22(13)9-17(2,3)23)11-6-5-10(19)7-12(11)20-16(14)18;1-4-24-8-13-21-14-15(22(13)9-17(2,3)23)11-6-5-10(18)7-12(11)20-16(14)19;1-2-7-3-4(5)6;;/h5-7,23H,4,8-9H2,1-3H3;5-7,23H,4,8-9H2,1-3H3,(H2,19,20);2-3H2,1H3;;1H3. The van der Waals surface area contributed by atoms with E-state index in [0.717, 1.165) is 50.7 Å². The van der Waals surface area contributed by atoms with E-state index in [1.54, 1.807) is 63.4 Å². The first kappa shape index (κ1) is 50.2. The summed E-state index contributed by atoms with van der Waals surface area (Å²) in [7, 11) is 0. The summed E-state index contributed by atoms with van der Waals surface area (Å²) in [5.74, 6) is 5.98. The van der Waals surface area contributed by atoms with Gasteiger partial charge in [-0.2, -0.15) is 35.3 Å². The molecule has 0 aliphatic carbocycles. The minimum Gasteiger partial charge on any atom is -0.389 e. The maximum atomic E-state index is 13.6. The largest absolute Gasteiger partial charge is 0.389 e. The number of carbonyl (C=O) groups is 1. The summed E-state index contributed by atoms with van der Waals surface area (Å²) >= 11 is 16.3. The molecule has 4 aromatic heterocycles. The van der Waals surface area contributed by atoms with Crippen LogP contribution in [0, 0.1) is 11.6 Å². The number of rotatable bonds is 13. The number of thioether (sulfide) groups is 3. The molecule has 6 aromatic rings. The molecule has 6 rings (SSSR count). The molecule has 0 saturated carbocycles. The lowest BCUT2D eigenvalue weighted by molar-refractivity contribution is -0.109. The second kappa shape index (κ2) is 21.9. The molecule has 0 amide bonds. The Morgan fingerprint density at radius 2 is 1.18 bits per heavy atom. The van der Waals surface area contributed by atoms with Crippen LogP contribution in [-0.2, 0) is 29.4 Å². The lowest BCUT2D eigenvalue weighted by Gasteiger charge is -2.20. The van der Waals surface area contributed by atoms with Gasteiger partial charge in [0.1, 0.15) is 34.3 Å². The van der Waals surface area contributed by atoms with Crippen LogP contribution in [0.5, 0.6) is 0 Å². The Balaban J connectivity index is 0.000000328. The van der Waals surface area contributed by atoms with Gasteiger partial charge in [0.25, 0.3) is 0 Å². The molecule has 0 aliphatic heterocycles. The van der Waals surface area contributed by atoms with Crippen LogP contribution in [0.3, 0.4) is 0 Å². The van der Waals surface area contributed by atoms with E-state index in [1.807, 2.05) is 16.1 Å². The number of benzene rings is 2. The SMILES string of the molecule is CCSCC(=O)Cl.CCSCc1nc2c(Cl)nc3cc(F)ccc3c2n1CC(C)(C)O.CCSCc1nc2c(N)nc3cc(F)ccc3c2n1CC(C)(C)O.N.[B]. The van der Waals surface area contributed by atoms with Crippen LogP contribution in [0.4, 0.5) is 14.6 Å². The van der Waals surface area contributed by atoms with E-state index in [4.69, 9.17) is 28.9 Å². The number of nitrogens with zero attached hydrogens (tertiary/aromatic N) is 6. The van der Waals surface area contributed by atoms with Crippen molar-refractivity contribution in [2.45, 2.75) is 84.3 Å². The van der Waals surface area contributed by atoms with Crippen LogP contribution in [-0.4, -0.2) is 87.2 Å². The number of imidazole rings is 2. The first-order chi connectivity index (χ1) is 25.9. The molecule has 0 aliphatic rings. The van der Waals surface area contributed by atoms with Crippen LogP contribution in [0.2, 0.25) is 5.15 Å². The van der Waals surface area contributed by atoms with Gasteiger partial charge in [-0.25, -0.2) is 28.7 Å². The summed E-state index contributed by atoms with van der Waals surface area (Å²) in [5, 5.41) is 22.2. The lowest BCUT2D eigenvalue weighted by atomic mass is 10.1. The fourth-order valence-electron chi connectivity index (χ4n) is 5.71. The topological polar surface area (TPSA) is 180 Å². The molecule has 0 bridgehead atoms. The third kappa shape index (κ3) is 13.6. The van der Waals surface area contributed by atoms with E-state index in [-0.39, 0.29) is 42.4 Å². The first-order valence-electron chi connectivity index (χ1n) is 17.6. The van der Waals surface area contributed by atoms with Crippen LogP contribution in [0.25, 0.3) is 43.9 Å². The molecule has 0 saturated heterocycles. The predicted molar refractivity (Wildman–Crippen MR) is 240 cm³/mol. The summed E-state index contributed by atoms with van der Waals surface area (Å²) in [4.78, 5) is 27.8. The lowest BCUT2D eigenvalue weighted by Crippen LogP contribution is -2.27. The smallest absolute Gasteiger partial charge is 0.231 e. The van der Waals surface area contributed by atoms with Crippen LogP contribution in [0.1, 0.15) is 60.1 Å². The molecule has 11 nitrogen and oxygen atoms in total. The Kier molecular flexibility index (Phi) is 19.3. The van der Waals surface area contributed by atoms with E-state index in [1.165, 1.54) is 36.0 Å². The molecule has 0 spiro atoms. The molecule has 3 radical (unpaired) electrons. The number of nitrogen functional groups attached to an aromatic ring is 1. The van der Waals surface area contributed by atoms with Crippen LogP contribution in [0.15, 0.2) is 36.4 Å². The zero-order valence-electron chi connectivity index (χ0n) is 33.2. The third-order valence-electron chi connectivity index (χ3n) is 7.80. The summed E-state index contributed by atoms with van der Waals surface area (Å²) in [5.41, 5.74) is 8.00. The highest BCUT2D eigenvalue weighted by atomic mass is 35.5. The van der Waals surface area contributed by atoms with Gasteiger partial charge in [0, 0.05) is 31.3 Å². The van der Waals surface area contributed by atoms with Gasteiger partial charge in [0.15, 0.2) is 11.0 Å². The van der Waals surface area contributed by atoms with Gasteiger partial charge in [-0.3, -0.25) is 4.79 Å². The molecule has 309 valence electrons. The van der Waals surface area contributed by atoms with E-state index >= 15 is 0 Å². The van der Waals surface area contributed by atoms with E-state index in [0.29, 0.717) is 52.4 Å². The number of hydrogen-bond donors (Lipinski definition) is 4. The van der Waals surface area contributed by atoms with E-state index < -0.39 is 11.2 Å². The first-order valence-corrected chi connectivity index (χ1v) is 21.8. The highest BCUT2D eigenvalue weighted by Crippen LogP contribution is 2.33. The number of fused-ring (bicyclic) bond motifs is 6. The molecule has 19 heteroatoms. The number of carbonyl (C=O) groups excluding carboxylic acids is 1. The van der Waals surface area contributed by atoms with Crippen molar-refractivity contribution in [1.29, 1.82) is 0 Å². The molecular weight excluding hydrogens is 832 g/mol. The average Bonchev–Trinajstić information content (AvgIpc) is 3.63. The zero-order chi connectivity index (χ0) is 40.7. The van der Waals surface area contributed by atoms with Gasteiger partial charge >= 0.3 is 0 Å². The molecule has 0 atom stereocenters. The maximum Gasteiger partial charge on any atom is 0.231 e. The van der Waals surface area contributed by atoms with Gasteiger partial charge in [0.05, 0.1) is 63.6 Å². The summed E-state index contributed by atoms with van der Waals surface area (Å²) < 4.78 is 31.1. The Morgan fingerprint density at radius 3 is 1.58 bits per heavy atom. The zero-order valence-corrected chi connectivity index (χ0v) is 37.2. The van der Waals surface area contributed by atoms with E-state index in [9.17, 15) is 23.8 Å². The van der Waals surface area contributed by atoms with Gasteiger partial charge in [-0.1, -0.05) is 32.4 Å². The van der Waals surface area contributed by atoms with Gasteiger partial charge in [-0.15, -0.1) is 0 Å². The normalized spacial score (nSPS) is 11.5. The number of halogens is 4. The molecule has 0 fully saturated rings. The van der Waals surface area contributed by atoms with Crippen molar-refractivity contribution in [1.82, 2.24) is 35.2 Å². The van der Waals surface area contributed by atoms with Gasteiger partial charge < -0.3 is 31.2 Å². The average molecular weight is 883 g/mol. The minimum absolute atomic E-state index is 0. The summed E-state index contributed by atoms with van der Waals surface area (Å²) in [6.45, 7) is 13.9. The summed E-state index contributed by atoms with van der Waals surface area (Å²) in [6, 6.07) is 8.92. The summed E-state index contributed by atoms with van der Waals surface area (Å²) in [6.07, 6.45) is 0. The maximum absolute atomic E-state index is 13.6. The third-order valence-corrected chi connectivity index (χ3v) is 11.0. The monoisotopic (exact) mass is 881 g/mol. The van der Waals surface area contributed by atoms with Crippen LogP contribution < -0.4 is 11.9 Å². The van der Waals surface area contributed by atoms with Crippen molar-refractivity contribution < 1.29 is 23.8 Å². The second-order valence-electron chi connectivity index (χ2n) is 13.7. The fourth-order valence-corrected chi connectivity index (χ4v) is 7.74. The number of nitrogens with two attached hydrogens (primary N) is 1. The van der Waals surface area contributed by atoms with Gasteiger partial charge in [-0.05, 0) is 80.8 Å². The number of anilines is 1. The Labute approximate surface area is 356 Å². The van der Waals surface area contributed by atoms with E-state index in [2.05, 4.69) is 33.8 Å². The van der Waals surface area contributed by atoms with Crippen molar-refractivity contribution in [2.24, 2.45) is 0 Å². The van der Waals surface area contributed by atoms with Crippen LogP contribution >= 0.6 is 58.5 Å². The molecule has 4 heterocycles. The molecule has 2 aromatic carbocycles. The van der Waals surface area contributed by atoms with Gasteiger partial charge in [0.2, 0.25) is 5.24 Å². The second-order valence-corrected chi connectivity index (χ2v) is 18.3. The highest BCUT2D eigenvalue weighted by molar-refractivity contribution is 8.00. The minimum atomic E-state index is -0.915. The number of aliphatic hydroxyl groups is 2. The Hall–Kier alpha value is -2.90. The number of pyridine rings is 2. The van der Waals surface area contributed by atoms with Crippen molar-refractivity contribution in [3.05, 3.63) is 64.8 Å². The fraction of sp³-hybridized carbons (Fsp3) is 0.447. The van der Waals surface area contributed by atoms with Crippen molar-refractivity contribution >= 4 is 122 Å². The number of hydrogen-bond acceptors (Lipinski definition) is 12. The Morgan fingerprint density at radius 1 is 0.754 bits per heavy atom. The van der Waals surface area contributed by atoms with Crippen molar-refractivity contribution in [2.75, 3.05) is 28.7 Å². The molecule has 57 heavy (non-hydrogen) atoms.